The van der Waals surface area contributed by atoms with Crippen molar-refractivity contribution in [3.05, 3.63) is 108 Å². The zero-order valence-corrected chi connectivity index (χ0v) is 16.4. The molecule has 0 heterocycles. The van der Waals surface area contributed by atoms with Gasteiger partial charge < -0.3 is 4.74 Å². The van der Waals surface area contributed by atoms with E-state index in [1.165, 1.54) is 0 Å². The molecule has 3 heteroatoms. The van der Waals surface area contributed by atoms with Crippen LogP contribution in [0, 0.1) is 12.3 Å². The molecule has 3 aromatic rings. The van der Waals surface area contributed by atoms with Gasteiger partial charge in [0, 0.05) is 11.1 Å². The fraction of sp³-hybridized carbons (Fsp3) is 0.154. The molecule has 0 N–H and O–H groups in total. The van der Waals surface area contributed by atoms with Crippen LogP contribution in [-0.2, 0) is 9.53 Å². The van der Waals surface area contributed by atoms with Crippen LogP contribution < -0.4 is 0 Å². The lowest BCUT2D eigenvalue weighted by molar-refractivity contribution is -0.144. The number of rotatable bonds is 7. The number of aliphatic imine (C=N–C) groups is 1. The molecular weight excluding hydrogens is 358 g/mol. The lowest BCUT2D eigenvalue weighted by Crippen LogP contribution is -2.29. The van der Waals surface area contributed by atoms with Crippen molar-refractivity contribution in [1.29, 1.82) is 0 Å². The zero-order valence-electron chi connectivity index (χ0n) is 16.4. The summed E-state index contributed by atoms with van der Waals surface area (Å²) in [7, 11) is 0. The highest BCUT2D eigenvalue weighted by Gasteiger charge is 2.30. The second kappa shape index (κ2) is 10.1. The molecule has 2 unspecified atom stereocenters. The van der Waals surface area contributed by atoms with Crippen molar-refractivity contribution in [3.8, 4) is 12.3 Å². The van der Waals surface area contributed by atoms with Crippen LogP contribution in [0.5, 0.6) is 0 Å². The summed E-state index contributed by atoms with van der Waals surface area (Å²) in [6.45, 7) is 2.05. The van der Waals surface area contributed by atoms with Crippen LogP contribution in [0.1, 0.15) is 29.5 Å². The molecular formula is C26H23NO2. The molecule has 0 aliphatic carbocycles. The molecule has 0 radical (unpaired) electrons. The number of ether oxygens (including phenoxy) is 1. The van der Waals surface area contributed by atoms with E-state index in [0.717, 1.165) is 16.7 Å². The number of hydrogen-bond donors (Lipinski definition) is 0. The van der Waals surface area contributed by atoms with Gasteiger partial charge in [-0.05, 0) is 12.5 Å². The van der Waals surface area contributed by atoms with Crippen molar-refractivity contribution in [2.75, 3.05) is 6.61 Å². The first-order chi connectivity index (χ1) is 14.2. The summed E-state index contributed by atoms with van der Waals surface area (Å²) < 4.78 is 5.34. The minimum Gasteiger partial charge on any atom is -0.464 e. The third-order valence-corrected chi connectivity index (χ3v) is 4.54. The van der Waals surface area contributed by atoms with E-state index in [9.17, 15) is 4.79 Å². The lowest BCUT2D eigenvalue weighted by Gasteiger charge is -2.20. The van der Waals surface area contributed by atoms with Crippen LogP contribution in [0.2, 0.25) is 0 Å². The second-order valence-electron chi connectivity index (χ2n) is 6.46. The summed E-state index contributed by atoms with van der Waals surface area (Å²) in [5, 5.41) is 0. The molecule has 2 atom stereocenters. The Morgan fingerprint density at radius 1 is 0.897 bits per heavy atom. The molecule has 0 fully saturated rings. The van der Waals surface area contributed by atoms with Gasteiger partial charge in [-0.2, -0.15) is 0 Å². The molecule has 3 nitrogen and oxygen atoms in total. The predicted molar refractivity (Wildman–Crippen MR) is 117 cm³/mol. The number of hydrogen-bond acceptors (Lipinski definition) is 3. The number of esters is 1. The maximum atomic E-state index is 12.9. The SMILES string of the molecule is C#CC(c1ccccc1)C(N=C(c1ccccc1)c1ccccc1)C(=O)OCC. The minimum atomic E-state index is -0.849. The Morgan fingerprint density at radius 3 is 1.83 bits per heavy atom. The van der Waals surface area contributed by atoms with Crippen molar-refractivity contribution in [2.45, 2.75) is 18.9 Å². The van der Waals surface area contributed by atoms with E-state index in [-0.39, 0.29) is 6.61 Å². The van der Waals surface area contributed by atoms with Gasteiger partial charge in [0.2, 0.25) is 0 Å². The number of nitrogens with zero attached hydrogens (tertiary/aromatic N) is 1. The smallest absolute Gasteiger partial charge is 0.332 e. The molecule has 0 spiro atoms. The van der Waals surface area contributed by atoms with Crippen LogP contribution in [0.15, 0.2) is 96.0 Å². The zero-order chi connectivity index (χ0) is 20.5. The van der Waals surface area contributed by atoms with Gasteiger partial charge in [0.15, 0.2) is 6.04 Å². The minimum absolute atomic E-state index is 0.267. The van der Waals surface area contributed by atoms with Crippen LogP contribution in [0.3, 0.4) is 0 Å². The monoisotopic (exact) mass is 381 g/mol. The molecule has 0 aliphatic rings. The van der Waals surface area contributed by atoms with E-state index in [4.69, 9.17) is 16.2 Å². The summed E-state index contributed by atoms with van der Waals surface area (Å²) in [6, 6.07) is 28.3. The predicted octanol–water partition coefficient (Wildman–Crippen LogP) is 4.87. The molecule has 0 amide bonds. The van der Waals surface area contributed by atoms with E-state index in [0.29, 0.717) is 5.71 Å². The summed E-state index contributed by atoms with van der Waals surface area (Å²) >= 11 is 0. The van der Waals surface area contributed by atoms with Gasteiger partial charge in [0.05, 0.1) is 18.2 Å². The Kier molecular flexibility index (Phi) is 6.97. The normalized spacial score (nSPS) is 12.3. The highest BCUT2D eigenvalue weighted by molar-refractivity contribution is 6.13. The first kappa shape index (κ1) is 20.1. The van der Waals surface area contributed by atoms with Crippen molar-refractivity contribution in [2.24, 2.45) is 4.99 Å². The van der Waals surface area contributed by atoms with Gasteiger partial charge in [0.25, 0.3) is 0 Å². The standard InChI is InChI=1S/C26H23NO2/c1-3-23(20-14-8-5-9-15-20)25(26(28)29-4-2)27-24(21-16-10-6-11-17-21)22-18-12-7-13-19-22/h1,5-19,23,25H,4H2,2H3. The first-order valence-electron chi connectivity index (χ1n) is 9.61. The van der Waals surface area contributed by atoms with E-state index in [2.05, 4.69) is 5.92 Å². The molecule has 3 aromatic carbocycles. The molecule has 0 saturated carbocycles. The van der Waals surface area contributed by atoms with Gasteiger partial charge in [-0.3, -0.25) is 4.99 Å². The van der Waals surface area contributed by atoms with E-state index >= 15 is 0 Å². The van der Waals surface area contributed by atoms with Gasteiger partial charge in [-0.15, -0.1) is 6.42 Å². The quantitative estimate of drug-likeness (QED) is 0.333. The summed E-state index contributed by atoms with van der Waals surface area (Å²) in [5.41, 5.74) is 3.39. The largest absolute Gasteiger partial charge is 0.464 e. The lowest BCUT2D eigenvalue weighted by atomic mass is 9.91. The summed E-state index contributed by atoms with van der Waals surface area (Å²) in [5.74, 6) is 1.80. The second-order valence-corrected chi connectivity index (χ2v) is 6.46. The molecule has 29 heavy (non-hydrogen) atoms. The van der Waals surface area contributed by atoms with Crippen molar-refractivity contribution >= 4 is 11.7 Å². The molecule has 0 aromatic heterocycles. The molecule has 0 aliphatic heterocycles. The topological polar surface area (TPSA) is 38.7 Å². The number of terminal acetylenes is 1. The van der Waals surface area contributed by atoms with E-state index in [1.807, 2.05) is 91.0 Å². The highest BCUT2D eigenvalue weighted by Crippen LogP contribution is 2.24. The Balaban J connectivity index is 2.15. The molecule has 3 rings (SSSR count). The maximum absolute atomic E-state index is 12.9. The van der Waals surface area contributed by atoms with Gasteiger partial charge in [-0.1, -0.05) is 96.9 Å². The van der Waals surface area contributed by atoms with E-state index < -0.39 is 17.9 Å². The Morgan fingerprint density at radius 2 is 1.38 bits per heavy atom. The fourth-order valence-corrected chi connectivity index (χ4v) is 3.17. The van der Waals surface area contributed by atoms with Gasteiger partial charge >= 0.3 is 5.97 Å². The van der Waals surface area contributed by atoms with Crippen molar-refractivity contribution in [3.63, 3.8) is 0 Å². The van der Waals surface area contributed by atoms with Crippen LogP contribution in [-0.4, -0.2) is 24.3 Å². The Hall–Kier alpha value is -3.64. The third kappa shape index (κ3) is 5.00. The summed E-state index contributed by atoms with van der Waals surface area (Å²) in [6.07, 6.45) is 5.87. The van der Waals surface area contributed by atoms with Gasteiger partial charge in [0.1, 0.15) is 0 Å². The highest BCUT2D eigenvalue weighted by atomic mass is 16.5. The third-order valence-electron chi connectivity index (χ3n) is 4.54. The Labute approximate surface area is 172 Å². The van der Waals surface area contributed by atoms with Crippen molar-refractivity contribution in [1.82, 2.24) is 0 Å². The van der Waals surface area contributed by atoms with Gasteiger partial charge in [-0.25, -0.2) is 4.79 Å². The Bertz CT molecular complexity index is 948. The van der Waals surface area contributed by atoms with Crippen LogP contribution in [0.4, 0.5) is 0 Å². The summed E-state index contributed by atoms with van der Waals surface area (Å²) in [4.78, 5) is 17.8. The molecule has 0 saturated heterocycles. The average Bonchev–Trinajstić information content (AvgIpc) is 2.78. The number of carbonyl (C=O) groups is 1. The van der Waals surface area contributed by atoms with Crippen molar-refractivity contribution < 1.29 is 9.53 Å². The van der Waals surface area contributed by atoms with Crippen LogP contribution in [0.25, 0.3) is 0 Å². The number of carbonyl (C=O) groups excluding carboxylic acids is 1. The fourth-order valence-electron chi connectivity index (χ4n) is 3.17. The number of benzene rings is 3. The van der Waals surface area contributed by atoms with Crippen LogP contribution >= 0.6 is 0 Å². The average molecular weight is 381 g/mol. The maximum Gasteiger partial charge on any atom is 0.332 e. The van der Waals surface area contributed by atoms with E-state index in [1.54, 1.807) is 6.92 Å². The molecule has 0 bridgehead atoms. The first-order valence-corrected chi connectivity index (χ1v) is 9.61. The molecule has 144 valence electrons.